The zero-order chi connectivity index (χ0) is 15.9. The van der Waals surface area contributed by atoms with Gasteiger partial charge in [-0.25, -0.2) is 5.06 Å². The van der Waals surface area contributed by atoms with E-state index in [4.69, 9.17) is 5.21 Å². The fourth-order valence-electron chi connectivity index (χ4n) is 1.63. The van der Waals surface area contributed by atoms with E-state index in [1.807, 2.05) is 0 Å². The van der Waals surface area contributed by atoms with E-state index in [9.17, 15) is 14.5 Å². The van der Waals surface area contributed by atoms with E-state index in [-0.39, 0.29) is 11.1 Å². The molecular formula is C14H12N4O4. The van der Waals surface area contributed by atoms with Gasteiger partial charge in [-0.3, -0.25) is 20.2 Å². The zero-order valence-corrected chi connectivity index (χ0v) is 11.3. The second-order valence-electron chi connectivity index (χ2n) is 4.23. The third kappa shape index (κ3) is 3.87. The normalized spacial score (nSPS) is 12.8. The minimum Gasteiger partial charge on any atom is -0.305 e. The number of benzene rings is 1. The number of hydrogen-bond acceptors (Lipinski definition) is 6. The van der Waals surface area contributed by atoms with Gasteiger partial charge in [0.05, 0.1) is 0 Å². The summed E-state index contributed by atoms with van der Waals surface area (Å²) in [7, 11) is 0. The zero-order valence-electron chi connectivity index (χ0n) is 11.3. The minimum absolute atomic E-state index is 0.0437. The highest BCUT2D eigenvalue weighted by Gasteiger charge is 2.10. The first-order valence-electron chi connectivity index (χ1n) is 6.17. The van der Waals surface area contributed by atoms with Gasteiger partial charge < -0.3 is 5.43 Å². The van der Waals surface area contributed by atoms with Crippen LogP contribution in [0.15, 0.2) is 65.8 Å². The molecule has 0 unspecified atom stereocenters. The lowest BCUT2D eigenvalue weighted by molar-refractivity contribution is 0.0105. The minimum atomic E-state index is -0.934. The Labute approximate surface area is 125 Å². The first-order valence-corrected chi connectivity index (χ1v) is 6.17. The number of hydrogen-bond donors (Lipinski definition) is 3. The maximum atomic E-state index is 11.9. The molecule has 0 bridgehead atoms. The predicted octanol–water partition coefficient (Wildman–Crippen LogP) is 1.44. The summed E-state index contributed by atoms with van der Waals surface area (Å²) < 4.78 is 0. The highest BCUT2D eigenvalue weighted by atomic mass is 16.5. The summed E-state index contributed by atoms with van der Waals surface area (Å²) in [5.74, 6) is -1.42. The van der Waals surface area contributed by atoms with Crippen LogP contribution >= 0.6 is 0 Å². The Morgan fingerprint density at radius 3 is 2.55 bits per heavy atom. The Bertz CT molecular complexity index is 678. The molecule has 2 amide bonds. The predicted molar refractivity (Wildman–Crippen MR) is 77.2 cm³/mol. The number of nitrogens with zero attached hydrogens (tertiary/aromatic N) is 2. The lowest BCUT2D eigenvalue weighted by Gasteiger charge is -2.10. The average Bonchev–Trinajstić information content (AvgIpc) is 2.56. The van der Waals surface area contributed by atoms with E-state index in [1.54, 1.807) is 12.2 Å². The van der Waals surface area contributed by atoms with Gasteiger partial charge in [0.25, 0.3) is 5.91 Å². The number of carbonyl (C=O) groups is 2. The Morgan fingerprint density at radius 1 is 1.18 bits per heavy atom. The second-order valence-corrected chi connectivity index (χ2v) is 4.23. The third-order valence-corrected chi connectivity index (χ3v) is 2.72. The Balaban J connectivity index is 1.97. The van der Waals surface area contributed by atoms with Crippen molar-refractivity contribution in [1.82, 2.24) is 15.9 Å². The van der Waals surface area contributed by atoms with Crippen LogP contribution in [0.2, 0.25) is 0 Å². The number of allylic oxidation sites excluding steroid dienone is 3. The quantitative estimate of drug-likeness (QED) is 0.573. The summed E-state index contributed by atoms with van der Waals surface area (Å²) in [5, 5.41) is 12.3. The topological polar surface area (TPSA) is 111 Å². The standard InChI is InChI=1S/C14H12N4O4/c19-13(11-2-1-3-12(8-11)14(20)17-21)16-15-9-10-4-6-18(22)7-5-10/h1-9,15,22H,(H,16,19). The SMILES string of the molecule is O=NC(=O)c1cccc(C(=O)NNC=C2C=CN(O)C=C2)c1. The van der Waals surface area contributed by atoms with Crippen LogP contribution in [0, 0.1) is 4.91 Å². The molecule has 3 N–H and O–H groups in total. The molecule has 22 heavy (non-hydrogen) atoms. The molecule has 0 radical (unpaired) electrons. The van der Waals surface area contributed by atoms with Crippen LogP contribution in [-0.2, 0) is 0 Å². The number of nitroso groups, excluding NO2 is 1. The van der Waals surface area contributed by atoms with Crippen molar-refractivity contribution in [3.05, 3.63) is 76.6 Å². The van der Waals surface area contributed by atoms with Gasteiger partial charge in [-0.2, -0.15) is 0 Å². The van der Waals surface area contributed by atoms with Crippen molar-refractivity contribution in [2.24, 2.45) is 5.18 Å². The van der Waals surface area contributed by atoms with E-state index >= 15 is 0 Å². The molecule has 8 nitrogen and oxygen atoms in total. The molecule has 1 aromatic carbocycles. The lowest BCUT2D eigenvalue weighted by Crippen LogP contribution is -2.33. The van der Waals surface area contributed by atoms with Crippen molar-refractivity contribution in [2.75, 3.05) is 0 Å². The monoisotopic (exact) mass is 300 g/mol. The lowest BCUT2D eigenvalue weighted by atomic mass is 10.1. The van der Waals surface area contributed by atoms with Crippen molar-refractivity contribution >= 4 is 11.8 Å². The maximum Gasteiger partial charge on any atom is 0.316 e. The molecule has 112 valence electrons. The Hall–Kier alpha value is -3.26. The highest BCUT2D eigenvalue weighted by Crippen LogP contribution is 2.07. The molecule has 1 aromatic rings. The molecule has 0 aromatic heterocycles. The van der Waals surface area contributed by atoms with Gasteiger partial charge in [0.1, 0.15) is 0 Å². The van der Waals surface area contributed by atoms with Crippen LogP contribution < -0.4 is 10.9 Å². The number of rotatable bonds is 4. The second kappa shape index (κ2) is 6.95. The maximum absolute atomic E-state index is 11.9. The third-order valence-electron chi connectivity index (χ3n) is 2.72. The van der Waals surface area contributed by atoms with E-state index in [1.165, 1.54) is 42.9 Å². The van der Waals surface area contributed by atoms with Gasteiger partial charge >= 0.3 is 5.91 Å². The van der Waals surface area contributed by atoms with E-state index in [2.05, 4.69) is 16.0 Å². The molecule has 1 heterocycles. The fourth-order valence-corrected chi connectivity index (χ4v) is 1.63. The van der Waals surface area contributed by atoms with Crippen molar-refractivity contribution in [3.63, 3.8) is 0 Å². The van der Waals surface area contributed by atoms with Crippen molar-refractivity contribution in [1.29, 1.82) is 0 Å². The number of nitrogens with one attached hydrogen (secondary N) is 2. The summed E-state index contributed by atoms with van der Waals surface area (Å²) in [6.07, 6.45) is 7.61. The summed E-state index contributed by atoms with van der Waals surface area (Å²) in [5.41, 5.74) is 5.98. The van der Waals surface area contributed by atoms with Crippen LogP contribution in [-0.4, -0.2) is 22.1 Å². The van der Waals surface area contributed by atoms with Gasteiger partial charge in [0, 0.05) is 34.9 Å². The molecular weight excluding hydrogens is 288 g/mol. The molecule has 2 rings (SSSR count). The molecule has 0 saturated carbocycles. The smallest absolute Gasteiger partial charge is 0.305 e. The summed E-state index contributed by atoms with van der Waals surface area (Å²) in [6.45, 7) is 0. The van der Waals surface area contributed by atoms with Gasteiger partial charge in [0.15, 0.2) is 0 Å². The molecule has 0 aliphatic carbocycles. The molecule has 0 atom stereocenters. The summed E-state index contributed by atoms with van der Waals surface area (Å²) in [4.78, 5) is 33.3. The Morgan fingerprint density at radius 2 is 1.86 bits per heavy atom. The van der Waals surface area contributed by atoms with Crippen LogP contribution in [0.3, 0.4) is 0 Å². The summed E-state index contributed by atoms with van der Waals surface area (Å²) >= 11 is 0. The van der Waals surface area contributed by atoms with Crippen molar-refractivity contribution < 1.29 is 14.8 Å². The van der Waals surface area contributed by atoms with Gasteiger partial charge in [-0.1, -0.05) is 6.07 Å². The van der Waals surface area contributed by atoms with E-state index < -0.39 is 11.8 Å². The van der Waals surface area contributed by atoms with Crippen molar-refractivity contribution in [3.8, 4) is 0 Å². The largest absolute Gasteiger partial charge is 0.316 e. The number of hydrazine groups is 1. The Kier molecular flexibility index (Phi) is 4.78. The molecule has 0 fully saturated rings. The number of amides is 2. The van der Waals surface area contributed by atoms with Gasteiger partial charge in [-0.15, -0.1) is 4.91 Å². The molecule has 1 aliphatic heterocycles. The molecule has 8 heteroatoms. The molecule has 1 aliphatic rings. The van der Waals surface area contributed by atoms with E-state index in [0.717, 1.165) is 10.6 Å². The first-order chi connectivity index (χ1) is 10.6. The summed E-state index contributed by atoms with van der Waals surface area (Å²) in [6, 6.07) is 5.65. The van der Waals surface area contributed by atoms with Crippen LogP contribution in [0.25, 0.3) is 0 Å². The van der Waals surface area contributed by atoms with Crippen molar-refractivity contribution in [2.45, 2.75) is 0 Å². The first kappa shape index (κ1) is 15.1. The average molecular weight is 300 g/mol. The molecule has 0 saturated heterocycles. The highest BCUT2D eigenvalue weighted by molar-refractivity contribution is 5.99. The number of hydroxylamine groups is 2. The molecule has 0 spiro atoms. The van der Waals surface area contributed by atoms with E-state index in [0.29, 0.717) is 0 Å². The fraction of sp³-hybridized carbons (Fsp3) is 0. The number of carbonyl (C=O) groups excluding carboxylic acids is 2. The van der Waals surface area contributed by atoms with Gasteiger partial charge in [0.2, 0.25) is 0 Å². The van der Waals surface area contributed by atoms with Crippen LogP contribution in [0.4, 0.5) is 0 Å². The van der Waals surface area contributed by atoms with Crippen LogP contribution in [0.5, 0.6) is 0 Å². The van der Waals surface area contributed by atoms with Gasteiger partial charge in [-0.05, 0) is 35.9 Å². The van der Waals surface area contributed by atoms with Crippen LogP contribution in [0.1, 0.15) is 20.7 Å².